The molecule has 9 nitrogen and oxygen atoms in total. The number of anilines is 2. The highest BCUT2D eigenvalue weighted by atomic mass is 16.3. The van der Waals surface area contributed by atoms with Crippen molar-refractivity contribution in [1.82, 2.24) is 24.2 Å². The molecule has 1 atom stereocenters. The zero-order chi connectivity index (χ0) is 26.0. The molecular weight excluding hydrogens is 468 g/mol. The Morgan fingerprint density at radius 1 is 1.05 bits per heavy atom. The van der Waals surface area contributed by atoms with Crippen molar-refractivity contribution in [2.75, 3.05) is 18.4 Å². The van der Waals surface area contributed by atoms with Gasteiger partial charge in [-0.25, -0.2) is 9.67 Å². The van der Waals surface area contributed by atoms with Gasteiger partial charge in [0.1, 0.15) is 5.52 Å². The Bertz CT molecular complexity index is 1440. The summed E-state index contributed by atoms with van der Waals surface area (Å²) >= 11 is 0. The van der Waals surface area contributed by atoms with Gasteiger partial charge in [-0.3, -0.25) is 14.2 Å². The molecule has 4 aromatic rings. The minimum atomic E-state index is -1.10. The van der Waals surface area contributed by atoms with E-state index in [1.807, 2.05) is 65.6 Å². The van der Waals surface area contributed by atoms with Crippen molar-refractivity contribution >= 4 is 28.4 Å². The van der Waals surface area contributed by atoms with Crippen LogP contribution in [0.4, 0.5) is 11.5 Å². The van der Waals surface area contributed by atoms with Gasteiger partial charge in [-0.2, -0.15) is 5.10 Å². The van der Waals surface area contributed by atoms with Gasteiger partial charge < -0.3 is 15.3 Å². The molecule has 0 spiro atoms. The van der Waals surface area contributed by atoms with E-state index in [-0.39, 0.29) is 29.4 Å². The number of nitrogens with zero attached hydrogens (tertiary/aromatic N) is 5. The summed E-state index contributed by atoms with van der Waals surface area (Å²) < 4.78 is 3.03. The highest BCUT2D eigenvalue weighted by molar-refractivity contribution is 5.87. The molecule has 0 aliphatic carbocycles. The van der Waals surface area contributed by atoms with Crippen LogP contribution in [0.3, 0.4) is 0 Å². The molecule has 0 bridgehead atoms. The number of aromatic nitrogens is 4. The monoisotopic (exact) mass is 500 g/mol. The van der Waals surface area contributed by atoms with Gasteiger partial charge in [0.2, 0.25) is 5.91 Å². The van der Waals surface area contributed by atoms with E-state index in [2.05, 4.69) is 22.3 Å². The second kappa shape index (κ2) is 10.2. The van der Waals surface area contributed by atoms with Crippen molar-refractivity contribution in [3.05, 3.63) is 82.9 Å². The minimum absolute atomic E-state index is 0.0885. The Labute approximate surface area is 215 Å². The number of hydrogen-bond acceptors (Lipinski definition) is 6. The molecule has 1 saturated heterocycles. The molecule has 1 amide bonds. The van der Waals surface area contributed by atoms with E-state index < -0.39 is 5.60 Å². The Kier molecular flexibility index (Phi) is 6.80. The van der Waals surface area contributed by atoms with Crippen LogP contribution in [0.1, 0.15) is 37.7 Å². The lowest BCUT2D eigenvalue weighted by Gasteiger charge is -2.38. The van der Waals surface area contributed by atoms with Crippen LogP contribution in [0.5, 0.6) is 0 Å². The van der Waals surface area contributed by atoms with Gasteiger partial charge in [0.25, 0.3) is 5.56 Å². The first-order chi connectivity index (χ1) is 17.8. The van der Waals surface area contributed by atoms with Crippen LogP contribution >= 0.6 is 0 Å². The molecule has 3 heterocycles. The average molecular weight is 501 g/mol. The maximum absolute atomic E-state index is 13.2. The number of hydrogen-bond donors (Lipinski definition) is 2. The Morgan fingerprint density at radius 3 is 2.38 bits per heavy atom. The Morgan fingerprint density at radius 2 is 1.70 bits per heavy atom. The van der Waals surface area contributed by atoms with Crippen LogP contribution in [0.25, 0.3) is 11.0 Å². The molecule has 1 fully saturated rings. The lowest BCUT2D eigenvalue weighted by molar-refractivity contribution is -0.136. The van der Waals surface area contributed by atoms with E-state index in [4.69, 9.17) is 0 Å². The highest BCUT2D eigenvalue weighted by Gasteiger charge is 2.35. The minimum Gasteiger partial charge on any atom is -0.388 e. The zero-order valence-electron chi connectivity index (χ0n) is 21.2. The Balaban J connectivity index is 1.25. The number of nitrogens with one attached hydrogen (secondary N) is 1. The van der Waals surface area contributed by atoms with Crippen molar-refractivity contribution in [1.29, 1.82) is 0 Å². The second-order valence-corrected chi connectivity index (χ2v) is 9.96. The van der Waals surface area contributed by atoms with Crippen molar-refractivity contribution in [3.8, 4) is 0 Å². The predicted octanol–water partition coefficient (Wildman–Crippen LogP) is 3.42. The van der Waals surface area contributed by atoms with E-state index in [0.717, 1.165) is 11.3 Å². The van der Waals surface area contributed by atoms with Gasteiger partial charge in [-0.05, 0) is 36.5 Å². The third kappa shape index (κ3) is 5.27. The van der Waals surface area contributed by atoms with E-state index in [0.29, 0.717) is 43.7 Å². The van der Waals surface area contributed by atoms with Gasteiger partial charge in [0.05, 0.1) is 18.5 Å². The molecule has 192 valence electrons. The SMILES string of the molecule is C[C@H](CC(=O)N1CCC(O)(Cn2cnc3c(Nc4ccccc4)n(C)nc3c2=O)CC1)c1ccccc1. The predicted molar refractivity (Wildman–Crippen MR) is 143 cm³/mol. The lowest BCUT2D eigenvalue weighted by Crippen LogP contribution is -2.49. The number of benzene rings is 2. The van der Waals surface area contributed by atoms with Crippen LogP contribution in [0, 0.1) is 0 Å². The first-order valence-electron chi connectivity index (χ1n) is 12.6. The number of aliphatic hydroxyl groups is 1. The van der Waals surface area contributed by atoms with Crippen LogP contribution in [0.2, 0.25) is 0 Å². The molecular formula is C28H32N6O3. The molecule has 9 heteroatoms. The Hall–Kier alpha value is -3.98. The second-order valence-electron chi connectivity index (χ2n) is 9.96. The first-order valence-corrected chi connectivity index (χ1v) is 12.6. The van der Waals surface area contributed by atoms with Crippen molar-refractivity contribution in [3.63, 3.8) is 0 Å². The largest absolute Gasteiger partial charge is 0.388 e. The van der Waals surface area contributed by atoms with Gasteiger partial charge in [0, 0.05) is 32.2 Å². The number of para-hydroxylation sites is 1. The number of carbonyl (C=O) groups excluding carboxylic acids is 1. The summed E-state index contributed by atoms with van der Waals surface area (Å²) in [4.78, 5) is 32.4. The molecule has 2 aromatic carbocycles. The zero-order valence-corrected chi connectivity index (χ0v) is 21.2. The van der Waals surface area contributed by atoms with E-state index in [1.165, 1.54) is 10.9 Å². The fourth-order valence-corrected chi connectivity index (χ4v) is 4.94. The third-order valence-corrected chi connectivity index (χ3v) is 7.21. The summed E-state index contributed by atoms with van der Waals surface area (Å²) in [5.74, 6) is 0.844. The summed E-state index contributed by atoms with van der Waals surface area (Å²) in [6.45, 7) is 3.07. The van der Waals surface area contributed by atoms with Crippen LogP contribution in [0.15, 0.2) is 71.8 Å². The topological polar surface area (TPSA) is 105 Å². The quantitative estimate of drug-likeness (QED) is 0.403. The summed E-state index contributed by atoms with van der Waals surface area (Å²) in [5.41, 5.74) is 1.34. The molecule has 2 N–H and O–H groups in total. The summed E-state index contributed by atoms with van der Waals surface area (Å²) in [7, 11) is 1.76. The smallest absolute Gasteiger partial charge is 0.281 e. The molecule has 1 aliphatic rings. The lowest BCUT2D eigenvalue weighted by atomic mass is 9.90. The molecule has 0 radical (unpaired) electrons. The summed E-state index contributed by atoms with van der Waals surface area (Å²) in [6, 6.07) is 19.6. The van der Waals surface area contributed by atoms with Crippen LogP contribution < -0.4 is 10.9 Å². The average Bonchev–Trinajstić information content (AvgIpc) is 3.22. The number of likely N-dealkylation sites (tertiary alicyclic amines) is 1. The number of aryl methyl sites for hydroxylation is 1. The third-order valence-electron chi connectivity index (χ3n) is 7.21. The molecule has 37 heavy (non-hydrogen) atoms. The van der Waals surface area contributed by atoms with E-state index in [9.17, 15) is 14.7 Å². The number of carbonyl (C=O) groups is 1. The summed E-state index contributed by atoms with van der Waals surface area (Å²) in [6.07, 6.45) is 2.69. The van der Waals surface area contributed by atoms with Gasteiger partial charge in [-0.1, -0.05) is 55.5 Å². The number of fused-ring (bicyclic) bond motifs is 1. The molecule has 0 unspecified atom stereocenters. The number of amides is 1. The maximum Gasteiger partial charge on any atom is 0.281 e. The molecule has 1 aliphatic heterocycles. The first kappa shape index (κ1) is 24.7. The van der Waals surface area contributed by atoms with E-state index >= 15 is 0 Å². The van der Waals surface area contributed by atoms with Crippen LogP contribution in [-0.4, -0.2) is 53.9 Å². The van der Waals surface area contributed by atoms with Crippen molar-refractivity contribution < 1.29 is 9.90 Å². The van der Waals surface area contributed by atoms with Crippen molar-refractivity contribution in [2.24, 2.45) is 7.05 Å². The number of piperidine rings is 1. The fourth-order valence-electron chi connectivity index (χ4n) is 4.94. The van der Waals surface area contributed by atoms with Gasteiger partial charge in [0.15, 0.2) is 11.3 Å². The molecule has 2 aromatic heterocycles. The summed E-state index contributed by atoms with van der Waals surface area (Å²) in [5, 5.41) is 18.9. The maximum atomic E-state index is 13.2. The van der Waals surface area contributed by atoms with Gasteiger partial charge >= 0.3 is 0 Å². The van der Waals surface area contributed by atoms with Gasteiger partial charge in [-0.15, -0.1) is 0 Å². The van der Waals surface area contributed by atoms with Crippen molar-refractivity contribution in [2.45, 2.75) is 44.2 Å². The standard InChI is InChI=1S/C28H32N6O3/c1-20(21-9-5-3-6-10-21)17-23(35)33-15-13-28(37,14-16-33)18-34-19-29-24-25(27(34)36)31-32(2)26(24)30-22-11-7-4-8-12-22/h3-12,19-20,30,37H,13-18H2,1-2H3/t20-/m1/s1. The highest BCUT2D eigenvalue weighted by Crippen LogP contribution is 2.27. The normalized spacial score (nSPS) is 16.0. The fraction of sp³-hybridized carbons (Fsp3) is 0.357. The molecule has 0 saturated carbocycles. The molecule has 5 rings (SSSR count). The van der Waals surface area contributed by atoms with Crippen LogP contribution in [-0.2, 0) is 18.4 Å². The van der Waals surface area contributed by atoms with E-state index in [1.54, 1.807) is 11.7 Å². The number of rotatable bonds is 7.